The van der Waals surface area contributed by atoms with Gasteiger partial charge in [-0.15, -0.1) is 0 Å². The average Bonchev–Trinajstić information content (AvgIpc) is 1.61. The van der Waals surface area contributed by atoms with E-state index in [1.165, 1.54) is 0 Å². The molecule has 0 aliphatic rings. The van der Waals surface area contributed by atoms with E-state index in [9.17, 15) is 5.21 Å². The van der Waals surface area contributed by atoms with Gasteiger partial charge in [-0.05, 0) is 27.2 Å². The first-order valence-electron chi connectivity index (χ1n) is 3.88. The van der Waals surface area contributed by atoms with Crippen LogP contribution >= 0.6 is 0 Å². The molecule has 0 aliphatic carbocycles. The first-order valence-corrected chi connectivity index (χ1v) is 3.88. The molecule has 0 N–H and O–H groups in total. The van der Waals surface area contributed by atoms with E-state index < -0.39 is 0 Å². The minimum Gasteiger partial charge on any atom is -0.633 e. The van der Waals surface area contributed by atoms with Crippen LogP contribution in [-0.4, -0.2) is 23.8 Å². The van der Waals surface area contributed by atoms with E-state index in [1.807, 2.05) is 27.7 Å². The van der Waals surface area contributed by atoms with Crippen molar-refractivity contribution < 1.29 is 4.65 Å². The maximum absolute atomic E-state index is 11.7. The molecular formula is C8H19NO. The molecule has 0 saturated heterocycles. The highest BCUT2D eigenvalue weighted by molar-refractivity contribution is 4.61. The van der Waals surface area contributed by atoms with Crippen LogP contribution in [0, 0.1) is 5.21 Å². The van der Waals surface area contributed by atoms with Crippen LogP contribution in [0.5, 0.6) is 0 Å². The zero-order valence-electron chi connectivity index (χ0n) is 7.77. The van der Waals surface area contributed by atoms with Crippen molar-refractivity contribution in [3.05, 3.63) is 5.21 Å². The van der Waals surface area contributed by atoms with Crippen LogP contribution in [0.2, 0.25) is 0 Å². The van der Waals surface area contributed by atoms with Crippen molar-refractivity contribution in [1.29, 1.82) is 0 Å². The standard InChI is InChI=1S/C8H19NO/c1-6-7-9(5,10)8(2,3)4/h6-7H2,1-5H3. The third-order valence-corrected chi connectivity index (χ3v) is 2.07. The number of hydrogen-bond acceptors (Lipinski definition) is 1. The average molecular weight is 145 g/mol. The van der Waals surface area contributed by atoms with Crippen LogP contribution in [0.25, 0.3) is 0 Å². The molecule has 0 spiro atoms. The van der Waals surface area contributed by atoms with Gasteiger partial charge < -0.3 is 9.85 Å². The van der Waals surface area contributed by atoms with Gasteiger partial charge in [-0.25, -0.2) is 0 Å². The Morgan fingerprint density at radius 3 is 1.80 bits per heavy atom. The predicted octanol–water partition coefficient (Wildman–Crippen LogP) is 2.14. The van der Waals surface area contributed by atoms with Gasteiger partial charge in [0, 0.05) is 0 Å². The zero-order valence-corrected chi connectivity index (χ0v) is 7.77. The maximum Gasteiger partial charge on any atom is 0.0902 e. The minimum atomic E-state index is -0.171. The Hall–Kier alpha value is -0.0800. The Kier molecular flexibility index (Phi) is 2.86. The topological polar surface area (TPSA) is 23.1 Å². The first kappa shape index (κ1) is 9.92. The van der Waals surface area contributed by atoms with E-state index in [4.69, 9.17) is 0 Å². The van der Waals surface area contributed by atoms with Gasteiger partial charge >= 0.3 is 0 Å². The predicted molar refractivity (Wildman–Crippen MR) is 44.5 cm³/mol. The summed E-state index contributed by atoms with van der Waals surface area (Å²) in [6.45, 7) is 8.70. The molecule has 0 saturated carbocycles. The Bertz CT molecular complexity index is 102. The van der Waals surface area contributed by atoms with E-state index in [2.05, 4.69) is 0 Å². The summed E-state index contributed by atoms with van der Waals surface area (Å²) in [5.41, 5.74) is -0.171. The van der Waals surface area contributed by atoms with Crippen molar-refractivity contribution >= 4 is 0 Å². The summed E-state index contributed by atoms with van der Waals surface area (Å²) in [5.74, 6) is 0. The second kappa shape index (κ2) is 2.89. The van der Waals surface area contributed by atoms with Crippen molar-refractivity contribution in [3.63, 3.8) is 0 Å². The van der Waals surface area contributed by atoms with E-state index in [0.717, 1.165) is 6.42 Å². The van der Waals surface area contributed by atoms with E-state index in [1.54, 1.807) is 7.05 Å². The number of hydroxylamine groups is 3. The van der Waals surface area contributed by atoms with Crippen molar-refractivity contribution in [2.24, 2.45) is 0 Å². The third kappa shape index (κ3) is 2.27. The Balaban J connectivity index is 4.10. The van der Waals surface area contributed by atoms with Gasteiger partial charge in [-0.1, -0.05) is 6.92 Å². The lowest BCUT2D eigenvalue weighted by Gasteiger charge is -2.49. The van der Waals surface area contributed by atoms with Crippen molar-refractivity contribution in [1.82, 2.24) is 0 Å². The van der Waals surface area contributed by atoms with Crippen LogP contribution in [0.3, 0.4) is 0 Å². The van der Waals surface area contributed by atoms with Gasteiger partial charge in [0.25, 0.3) is 0 Å². The normalized spacial score (nSPS) is 18.6. The Morgan fingerprint density at radius 2 is 1.70 bits per heavy atom. The molecule has 2 nitrogen and oxygen atoms in total. The molecule has 0 aromatic carbocycles. The van der Waals surface area contributed by atoms with Gasteiger partial charge in [0.2, 0.25) is 0 Å². The molecule has 2 heteroatoms. The lowest BCUT2D eigenvalue weighted by molar-refractivity contribution is -0.907. The fraction of sp³-hybridized carbons (Fsp3) is 1.00. The van der Waals surface area contributed by atoms with E-state index >= 15 is 0 Å². The van der Waals surface area contributed by atoms with Gasteiger partial charge in [-0.3, -0.25) is 0 Å². The smallest absolute Gasteiger partial charge is 0.0902 e. The summed E-state index contributed by atoms with van der Waals surface area (Å²) < 4.78 is -0.135. The van der Waals surface area contributed by atoms with Crippen LogP contribution in [-0.2, 0) is 0 Å². The molecule has 62 valence electrons. The molecule has 0 rings (SSSR count). The summed E-state index contributed by atoms with van der Waals surface area (Å²) in [6, 6.07) is 0. The highest BCUT2D eigenvalue weighted by Gasteiger charge is 2.26. The number of quaternary nitrogens is 1. The Labute approximate surface area is 64.0 Å². The molecular weight excluding hydrogens is 126 g/mol. The van der Waals surface area contributed by atoms with E-state index in [0.29, 0.717) is 6.54 Å². The molecule has 0 amide bonds. The molecule has 1 atom stereocenters. The van der Waals surface area contributed by atoms with Gasteiger partial charge in [0.15, 0.2) is 0 Å². The second-order valence-electron chi connectivity index (χ2n) is 4.00. The van der Waals surface area contributed by atoms with Crippen molar-refractivity contribution in [2.45, 2.75) is 39.7 Å². The summed E-state index contributed by atoms with van der Waals surface area (Å²) in [4.78, 5) is 0. The highest BCUT2D eigenvalue weighted by atomic mass is 16.5. The lowest BCUT2D eigenvalue weighted by atomic mass is 10.1. The SMILES string of the molecule is CCC[N+](C)([O-])C(C)(C)C. The van der Waals surface area contributed by atoms with Crippen LogP contribution in [0.4, 0.5) is 0 Å². The van der Waals surface area contributed by atoms with Gasteiger partial charge in [-0.2, -0.15) is 0 Å². The van der Waals surface area contributed by atoms with E-state index in [-0.39, 0.29) is 10.2 Å². The molecule has 0 aromatic heterocycles. The Morgan fingerprint density at radius 1 is 1.30 bits per heavy atom. The lowest BCUT2D eigenvalue weighted by Crippen LogP contribution is -2.52. The molecule has 0 aromatic rings. The fourth-order valence-corrected chi connectivity index (χ4v) is 0.762. The fourth-order valence-electron chi connectivity index (χ4n) is 0.762. The third-order valence-electron chi connectivity index (χ3n) is 2.07. The number of nitrogens with zero attached hydrogens (tertiary/aromatic N) is 1. The summed E-state index contributed by atoms with van der Waals surface area (Å²) in [6.07, 6.45) is 0.956. The molecule has 1 unspecified atom stereocenters. The van der Waals surface area contributed by atoms with Gasteiger partial charge in [0.1, 0.15) is 0 Å². The molecule has 0 heterocycles. The monoisotopic (exact) mass is 145 g/mol. The molecule has 10 heavy (non-hydrogen) atoms. The van der Waals surface area contributed by atoms with Crippen LogP contribution in [0.1, 0.15) is 34.1 Å². The molecule has 0 fully saturated rings. The summed E-state index contributed by atoms with van der Waals surface area (Å²) in [5, 5.41) is 11.7. The first-order chi connectivity index (χ1) is 4.31. The maximum atomic E-state index is 11.7. The van der Waals surface area contributed by atoms with Crippen molar-refractivity contribution in [2.75, 3.05) is 13.6 Å². The molecule has 0 radical (unpaired) electrons. The highest BCUT2D eigenvalue weighted by Crippen LogP contribution is 2.19. The van der Waals surface area contributed by atoms with Crippen LogP contribution < -0.4 is 0 Å². The quantitative estimate of drug-likeness (QED) is 0.431. The largest absolute Gasteiger partial charge is 0.633 e. The summed E-state index contributed by atoms with van der Waals surface area (Å²) >= 11 is 0. The van der Waals surface area contributed by atoms with Gasteiger partial charge in [0.05, 0.1) is 19.1 Å². The van der Waals surface area contributed by atoms with Crippen molar-refractivity contribution in [3.8, 4) is 0 Å². The number of rotatable bonds is 2. The molecule has 0 aliphatic heterocycles. The minimum absolute atomic E-state index is 0.135. The zero-order chi connectivity index (χ0) is 8.41. The number of hydrogen-bond donors (Lipinski definition) is 0. The summed E-state index contributed by atoms with van der Waals surface area (Å²) in [7, 11) is 1.74. The molecule has 0 bridgehead atoms. The second-order valence-corrected chi connectivity index (χ2v) is 4.00. The van der Waals surface area contributed by atoms with Crippen LogP contribution in [0.15, 0.2) is 0 Å².